The Kier molecular flexibility index (Phi) is 5.51. The SMILES string of the molecule is CNS(=O)(=O)/C=C/CNC(=O)c1ccc(N2CCCC2=O)cc1. The van der Waals surface area contributed by atoms with E-state index < -0.39 is 10.0 Å². The molecule has 0 aliphatic carbocycles. The van der Waals surface area contributed by atoms with Crippen molar-refractivity contribution in [3.05, 3.63) is 41.3 Å². The van der Waals surface area contributed by atoms with Crippen molar-refractivity contribution >= 4 is 27.5 Å². The number of carbonyl (C=O) groups excluding carboxylic acids is 2. The number of hydrogen-bond donors (Lipinski definition) is 2. The quantitative estimate of drug-likeness (QED) is 0.795. The molecule has 2 amide bonds. The highest BCUT2D eigenvalue weighted by Crippen LogP contribution is 2.21. The van der Waals surface area contributed by atoms with Crippen LogP contribution < -0.4 is 14.9 Å². The van der Waals surface area contributed by atoms with Crippen LogP contribution in [0.4, 0.5) is 5.69 Å². The average Bonchev–Trinajstić information content (AvgIpc) is 2.97. The van der Waals surface area contributed by atoms with Gasteiger partial charge in [0, 0.05) is 36.2 Å². The first kappa shape index (κ1) is 17.2. The van der Waals surface area contributed by atoms with E-state index in [1.807, 2.05) is 0 Å². The number of benzene rings is 1. The molecule has 0 bridgehead atoms. The topological polar surface area (TPSA) is 95.6 Å². The molecule has 0 radical (unpaired) electrons. The van der Waals surface area contributed by atoms with E-state index in [1.165, 1.54) is 13.1 Å². The number of carbonyl (C=O) groups is 2. The highest BCUT2D eigenvalue weighted by atomic mass is 32.2. The predicted octanol–water partition coefficient (Wildman–Crippen LogP) is 0.606. The van der Waals surface area contributed by atoms with Crippen molar-refractivity contribution in [2.75, 3.05) is 25.0 Å². The lowest BCUT2D eigenvalue weighted by atomic mass is 10.2. The molecule has 0 spiro atoms. The van der Waals surface area contributed by atoms with Crippen molar-refractivity contribution in [3.8, 4) is 0 Å². The third-order valence-electron chi connectivity index (χ3n) is 3.45. The minimum absolute atomic E-state index is 0.0954. The third kappa shape index (κ3) is 4.64. The molecule has 1 aromatic rings. The molecule has 0 unspecified atom stereocenters. The highest BCUT2D eigenvalue weighted by molar-refractivity contribution is 7.92. The number of hydrogen-bond acceptors (Lipinski definition) is 4. The molecule has 0 saturated carbocycles. The monoisotopic (exact) mass is 337 g/mol. The summed E-state index contributed by atoms with van der Waals surface area (Å²) < 4.78 is 24.5. The van der Waals surface area contributed by atoms with Crippen molar-refractivity contribution < 1.29 is 18.0 Å². The fourth-order valence-electron chi connectivity index (χ4n) is 2.21. The fourth-order valence-corrected chi connectivity index (χ4v) is 2.70. The van der Waals surface area contributed by atoms with Crippen LogP contribution in [-0.4, -0.2) is 40.4 Å². The van der Waals surface area contributed by atoms with E-state index in [0.29, 0.717) is 18.5 Å². The second kappa shape index (κ2) is 7.38. The molecule has 23 heavy (non-hydrogen) atoms. The van der Waals surface area contributed by atoms with Gasteiger partial charge in [-0.1, -0.05) is 6.08 Å². The Balaban J connectivity index is 1.92. The number of nitrogens with zero attached hydrogens (tertiary/aromatic N) is 1. The zero-order valence-corrected chi connectivity index (χ0v) is 13.6. The van der Waals surface area contributed by atoms with Gasteiger partial charge < -0.3 is 10.2 Å². The van der Waals surface area contributed by atoms with Crippen LogP contribution >= 0.6 is 0 Å². The summed E-state index contributed by atoms with van der Waals surface area (Å²) in [6.07, 6.45) is 2.76. The number of rotatable bonds is 6. The van der Waals surface area contributed by atoms with Crippen molar-refractivity contribution in [2.24, 2.45) is 0 Å². The van der Waals surface area contributed by atoms with E-state index in [4.69, 9.17) is 0 Å². The normalized spacial score (nSPS) is 15.3. The third-order valence-corrected chi connectivity index (χ3v) is 4.57. The van der Waals surface area contributed by atoms with Crippen LogP contribution in [0.5, 0.6) is 0 Å². The van der Waals surface area contributed by atoms with E-state index in [9.17, 15) is 18.0 Å². The Bertz CT molecular complexity index is 711. The summed E-state index contributed by atoms with van der Waals surface area (Å²) in [5.41, 5.74) is 1.23. The van der Waals surface area contributed by atoms with Gasteiger partial charge in [-0.25, -0.2) is 13.1 Å². The molecule has 1 saturated heterocycles. The summed E-state index contributed by atoms with van der Waals surface area (Å²) in [6.45, 7) is 0.807. The van der Waals surface area contributed by atoms with Crippen LogP contribution in [0.2, 0.25) is 0 Å². The lowest BCUT2D eigenvalue weighted by Gasteiger charge is -2.15. The molecule has 2 rings (SSSR count). The van der Waals surface area contributed by atoms with Gasteiger partial charge in [0.2, 0.25) is 15.9 Å². The van der Waals surface area contributed by atoms with E-state index in [1.54, 1.807) is 29.2 Å². The van der Waals surface area contributed by atoms with Gasteiger partial charge in [-0.05, 0) is 37.7 Å². The summed E-state index contributed by atoms with van der Waals surface area (Å²) in [5, 5.41) is 3.59. The first-order valence-corrected chi connectivity index (χ1v) is 8.76. The molecule has 124 valence electrons. The molecular formula is C15H19N3O4S. The molecule has 0 aromatic heterocycles. The molecule has 1 fully saturated rings. The molecule has 8 heteroatoms. The van der Waals surface area contributed by atoms with E-state index >= 15 is 0 Å². The van der Waals surface area contributed by atoms with Gasteiger partial charge in [-0.15, -0.1) is 0 Å². The second-order valence-electron chi connectivity index (χ2n) is 5.03. The van der Waals surface area contributed by atoms with Crippen molar-refractivity contribution in [2.45, 2.75) is 12.8 Å². The molecule has 2 N–H and O–H groups in total. The van der Waals surface area contributed by atoms with Gasteiger partial charge in [0.05, 0.1) is 0 Å². The van der Waals surface area contributed by atoms with Crippen LogP contribution in [0.3, 0.4) is 0 Å². The zero-order chi connectivity index (χ0) is 16.9. The maximum Gasteiger partial charge on any atom is 0.251 e. The standard InChI is InChI=1S/C15H19N3O4S/c1-16-23(21,22)11-3-9-17-15(20)12-5-7-13(8-6-12)18-10-2-4-14(18)19/h3,5-8,11,16H,2,4,9-10H2,1H3,(H,17,20)/b11-3+. The Labute approximate surface area is 135 Å². The molecular weight excluding hydrogens is 318 g/mol. The number of nitrogens with one attached hydrogen (secondary N) is 2. The first-order valence-electron chi connectivity index (χ1n) is 7.21. The van der Waals surface area contributed by atoms with Crippen LogP contribution in [-0.2, 0) is 14.8 Å². The summed E-state index contributed by atoms with van der Waals surface area (Å²) in [4.78, 5) is 25.3. The lowest BCUT2D eigenvalue weighted by Crippen LogP contribution is -2.25. The van der Waals surface area contributed by atoms with Crippen LogP contribution in [0.25, 0.3) is 0 Å². The number of anilines is 1. The van der Waals surface area contributed by atoms with Crippen molar-refractivity contribution in [1.29, 1.82) is 0 Å². The van der Waals surface area contributed by atoms with Crippen molar-refractivity contribution in [1.82, 2.24) is 10.0 Å². The van der Waals surface area contributed by atoms with Crippen LogP contribution in [0, 0.1) is 0 Å². The summed E-state index contributed by atoms with van der Waals surface area (Å²) in [7, 11) is -2.11. The van der Waals surface area contributed by atoms with Gasteiger partial charge >= 0.3 is 0 Å². The van der Waals surface area contributed by atoms with E-state index in [0.717, 1.165) is 17.5 Å². The second-order valence-corrected chi connectivity index (χ2v) is 6.80. The molecule has 7 nitrogen and oxygen atoms in total. The van der Waals surface area contributed by atoms with Gasteiger partial charge in [0.1, 0.15) is 0 Å². The minimum atomic E-state index is -3.42. The Morgan fingerprint density at radius 2 is 2.00 bits per heavy atom. The van der Waals surface area contributed by atoms with Gasteiger partial charge in [-0.3, -0.25) is 9.59 Å². The molecule has 0 atom stereocenters. The number of sulfonamides is 1. The minimum Gasteiger partial charge on any atom is -0.349 e. The number of amides is 2. The molecule has 1 aliphatic heterocycles. The molecule has 1 aliphatic rings. The average molecular weight is 337 g/mol. The molecule has 1 aromatic carbocycles. The van der Waals surface area contributed by atoms with Gasteiger partial charge in [0.15, 0.2) is 0 Å². The largest absolute Gasteiger partial charge is 0.349 e. The fraction of sp³-hybridized carbons (Fsp3) is 0.333. The zero-order valence-electron chi connectivity index (χ0n) is 12.8. The maximum absolute atomic E-state index is 11.9. The summed E-state index contributed by atoms with van der Waals surface area (Å²) >= 11 is 0. The smallest absolute Gasteiger partial charge is 0.251 e. The first-order chi connectivity index (χ1) is 10.9. The van der Waals surface area contributed by atoms with E-state index in [-0.39, 0.29) is 18.4 Å². The van der Waals surface area contributed by atoms with Gasteiger partial charge in [-0.2, -0.15) is 0 Å². The van der Waals surface area contributed by atoms with E-state index in [2.05, 4.69) is 10.0 Å². The van der Waals surface area contributed by atoms with Crippen LogP contribution in [0.15, 0.2) is 35.7 Å². The maximum atomic E-state index is 11.9. The predicted molar refractivity (Wildman–Crippen MR) is 87.5 cm³/mol. The van der Waals surface area contributed by atoms with Crippen LogP contribution in [0.1, 0.15) is 23.2 Å². The highest BCUT2D eigenvalue weighted by Gasteiger charge is 2.21. The summed E-state index contributed by atoms with van der Waals surface area (Å²) in [5.74, 6) is -0.214. The van der Waals surface area contributed by atoms with Gasteiger partial charge in [0.25, 0.3) is 5.91 Å². The Morgan fingerprint density at radius 3 is 2.57 bits per heavy atom. The molecule has 1 heterocycles. The van der Waals surface area contributed by atoms with Crippen molar-refractivity contribution in [3.63, 3.8) is 0 Å². The lowest BCUT2D eigenvalue weighted by molar-refractivity contribution is -0.117. The Morgan fingerprint density at radius 1 is 1.30 bits per heavy atom. The Hall–Kier alpha value is -2.19. The summed E-state index contributed by atoms with van der Waals surface area (Å²) in [6, 6.07) is 6.76.